The quantitative estimate of drug-likeness (QED) is 0.722. The molecule has 0 saturated carbocycles. The van der Waals surface area contributed by atoms with Gasteiger partial charge in [0.1, 0.15) is 6.04 Å². The molecular formula is C16H18N2O4. The number of anilines is 1. The zero-order valence-electron chi connectivity index (χ0n) is 12.3. The maximum absolute atomic E-state index is 12.2. The first-order valence-corrected chi connectivity index (χ1v) is 7.09. The van der Waals surface area contributed by atoms with Crippen LogP contribution in [-0.2, 0) is 16.0 Å². The van der Waals surface area contributed by atoms with Crippen LogP contribution in [0.2, 0.25) is 0 Å². The number of hydrogen-bond donors (Lipinski definition) is 3. The van der Waals surface area contributed by atoms with E-state index in [9.17, 15) is 14.4 Å². The van der Waals surface area contributed by atoms with Crippen molar-refractivity contribution in [2.24, 2.45) is 0 Å². The molecule has 6 nitrogen and oxygen atoms in total. The van der Waals surface area contributed by atoms with Crippen molar-refractivity contribution in [3.8, 4) is 0 Å². The molecule has 116 valence electrons. The van der Waals surface area contributed by atoms with E-state index in [2.05, 4.69) is 10.6 Å². The number of aryl methyl sites for hydroxylation is 1. The highest BCUT2D eigenvalue weighted by Gasteiger charge is 2.21. The monoisotopic (exact) mass is 302 g/mol. The number of rotatable bonds is 5. The lowest BCUT2D eigenvalue weighted by Gasteiger charge is -2.18. The second kappa shape index (κ2) is 6.89. The minimum Gasteiger partial charge on any atom is -0.480 e. The Hall–Kier alpha value is -2.63. The van der Waals surface area contributed by atoms with Gasteiger partial charge < -0.3 is 15.7 Å². The molecule has 3 N–H and O–H groups in total. The smallest absolute Gasteiger partial charge is 0.326 e. The summed E-state index contributed by atoms with van der Waals surface area (Å²) in [6.45, 7) is 1.79. The van der Waals surface area contributed by atoms with Crippen LogP contribution in [0.15, 0.2) is 30.4 Å². The first-order valence-electron chi connectivity index (χ1n) is 7.09. The molecule has 2 rings (SSSR count). The molecule has 0 saturated heterocycles. The number of hydrogen-bond acceptors (Lipinski definition) is 3. The fourth-order valence-electron chi connectivity index (χ4n) is 2.26. The highest BCUT2D eigenvalue weighted by Crippen LogP contribution is 2.23. The molecule has 2 amide bonds. The molecule has 0 radical (unpaired) electrons. The average Bonchev–Trinajstić information content (AvgIpc) is 2.50. The van der Waals surface area contributed by atoms with Crippen LogP contribution in [0.25, 0.3) is 0 Å². The first kappa shape index (κ1) is 15.8. The van der Waals surface area contributed by atoms with Crippen molar-refractivity contribution in [3.63, 3.8) is 0 Å². The third-order valence-corrected chi connectivity index (χ3v) is 3.47. The number of allylic oxidation sites excluding steroid dienone is 1. The summed E-state index contributed by atoms with van der Waals surface area (Å²) in [5.41, 5.74) is 1.98. The zero-order chi connectivity index (χ0) is 16.1. The summed E-state index contributed by atoms with van der Waals surface area (Å²) in [5, 5.41) is 14.4. The van der Waals surface area contributed by atoms with Crippen molar-refractivity contribution in [1.29, 1.82) is 0 Å². The Balaban J connectivity index is 2.12. The van der Waals surface area contributed by atoms with Crippen molar-refractivity contribution in [2.75, 3.05) is 5.32 Å². The molecule has 1 aromatic rings. The maximum atomic E-state index is 12.2. The van der Waals surface area contributed by atoms with Crippen molar-refractivity contribution >= 4 is 23.5 Å². The van der Waals surface area contributed by atoms with Crippen LogP contribution in [0.3, 0.4) is 0 Å². The standard InChI is InChI=1S/C16H18N2O4/c1-2-3-4-13(16(21)22)18-15(20)11-5-7-12-10(9-11)6-8-14(19)17-12/h2-3,5,7,9,13H,4,6,8H2,1H3,(H,17,19)(H,18,20)(H,21,22)/b3-2+. The number of fused-ring (bicyclic) bond motifs is 1. The number of aliphatic carboxylic acids is 1. The van der Waals surface area contributed by atoms with Crippen LogP contribution in [0, 0.1) is 0 Å². The number of carbonyl (C=O) groups is 3. The highest BCUT2D eigenvalue weighted by atomic mass is 16.4. The predicted molar refractivity (Wildman–Crippen MR) is 81.7 cm³/mol. The molecule has 1 aliphatic rings. The molecule has 1 aromatic carbocycles. The average molecular weight is 302 g/mol. The molecule has 1 unspecified atom stereocenters. The maximum Gasteiger partial charge on any atom is 0.326 e. The largest absolute Gasteiger partial charge is 0.480 e. The number of nitrogens with one attached hydrogen (secondary N) is 2. The molecule has 0 bridgehead atoms. The summed E-state index contributed by atoms with van der Waals surface area (Å²) in [7, 11) is 0. The van der Waals surface area contributed by atoms with Gasteiger partial charge in [-0.3, -0.25) is 9.59 Å². The second-order valence-electron chi connectivity index (χ2n) is 5.09. The normalized spacial score (nSPS) is 15.0. The van der Waals surface area contributed by atoms with Gasteiger partial charge in [-0.05, 0) is 43.5 Å². The van der Waals surface area contributed by atoms with Crippen LogP contribution >= 0.6 is 0 Å². The van der Waals surface area contributed by atoms with E-state index in [0.717, 1.165) is 5.56 Å². The van der Waals surface area contributed by atoms with Crippen molar-refractivity contribution in [2.45, 2.75) is 32.2 Å². The predicted octanol–water partition coefficient (Wildman–Crippen LogP) is 1.72. The van der Waals surface area contributed by atoms with Gasteiger partial charge >= 0.3 is 5.97 Å². The van der Waals surface area contributed by atoms with Crippen LogP contribution in [0.1, 0.15) is 35.7 Å². The summed E-state index contributed by atoms with van der Waals surface area (Å²) >= 11 is 0. The van der Waals surface area contributed by atoms with Gasteiger partial charge in [0.2, 0.25) is 5.91 Å². The summed E-state index contributed by atoms with van der Waals surface area (Å²) in [4.78, 5) is 34.6. The van der Waals surface area contributed by atoms with E-state index in [1.807, 2.05) is 0 Å². The molecule has 1 atom stereocenters. The Kier molecular flexibility index (Phi) is 4.93. The number of carboxylic acid groups (broad SMARTS) is 1. The van der Waals surface area contributed by atoms with Crippen LogP contribution in [0.4, 0.5) is 5.69 Å². The molecule has 0 aromatic heterocycles. The lowest BCUT2D eigenvalue weighted by Crippen LogP contribution is -2.40. The molecule has 0 spiro atoms. The Morgan fingerprint density at radius 3 is 2.86 bits per heavy atom. The molecule has 22 heavy (non-hydrogen) atoms. The Labute approximate surface area is 128 Å². The van der Waals surface area contributed by atoms with Crippen LogP contribution in [0.5, 0.6) is 0 Å². The topological polar surface area (TPSA) is 95.5 Å². The van der Waals surface area contributed by atoms with E-state index in [0.29, 0.717) is 24.1 Å². The molecule has 0 fully saturated rings. The fraction of sp³-hybridized carbons (Fsp3) is 0.312. The summed E-state index contributed by atoms with van der Waals surface area (Å²) in [6, 6.07) is 3.98. The van der Waals surface area contributed by atoms with E-state index < -0.39 is 17.9 Å². The fourth-order valence-corrected chi connectivity index (χ4v) is 2.26. The van der Waals surface area contributed by atoms with Crippen LogP contribution in [-0.4, -0.2) is 28.9 Å². The lowest BCUT2D eigenvalue weighted by atomic mass is 10.00. The lowest BCUT2D eigenvalue weighted by molar-refractivity contribution is -0.139. The number of carboxylic acids is 1. The Morgan fingerprint density at radius 1 is 1.41 bits per heavy atom. The SMILES string of the molecule is C/C=C/CC(NC(=O)c1ccc2c(c1)CCC(=O)N2)C(=O)O. The van der Waals surface area contributed by atoms with E-state index in [-0.39, 0.29) is 12.3 Å². The van der Waals surface area contributed by atoms with E-state index in [1.54, 1.807) is 37.3 Å². The summed E-state index contributed by atoms with van der Waals surface area (Å²) in [6.07, 6.45) is 4.63. The van der Waals surface area contributed by atoms with Crippen LogP contribution < -0.4 is 10.6 Å². The Bertz CT molecular complexity index is 637. The summed E-state index contributed by atoms with van der Waals surface area (Å²) in [5.74, 6) is -1.55. The minimum atomic E-state index is -1.07. The van der Waals surface area contributed by atoms with Gasteiger partial charge in [-0.2, -0.15) is 0 Å². The van der Waals surface area contributed by atoms with Crippen molar-refractivity contribution < 1.29 is 19.5 Å². The number of amides is 2. The molecule has 6 heteroatoms. The van der Waals surface area contributed by atoms with Gasteiger partial charge in [0.25, 0.3) is 5.91 Å². The van der Waals surface area contributed by atoms with E-state index in [1.165, 1.54) is 0 Å². The number of benzene rings is 1. The second-order valence-corrected chi connectivity index (χ2v) is 5.09. The minimum absolute atomic E-state index is 0.0398. The third-order valence-electron chi connectivity index (χ3n) is 3.47. The zero-order valence-corrected chi connectivity index (χ0v) is 12.3. The van der Waals surface area contributed by atoms with Gasteiger partial charge in [-0.1, -0.05) is 12.2 Å². The van der Waals surface area contributed by atoms with E-state index >= 15 is 0 Å². The molecule has 1 heterocycles. The molecule has 0 aliphatic carbocycles. The van der Waals surface area contributed by atoms with E-state index in [4.69, 9.17) is 5.11 Å². The summed E-state index contributed by atoms with van der Waals surface area (Å²) < 4.78 is 0. The molecule has 1 aliphatic heterocycles. The van der Waals surface area contributed by atoms with Gasteiger partial charge in [-0.15, -0.1) is 0 Å². The van der Waals surface area contributed by atoms with Gasteiger partial charge in [0.15, 0.2) is 0 Å². The van der Waals surface area contributed by atoms with Gasteiger partial charge in [0.05, 0.1) is 0 Å². The van der Waals surface area contributed by atoms with Crippen molar-refractivity contribution in [3.05, 3.63) is 41.5 Å². The van der Waals surface area contributed by atoms with Gasteiger partial charge in [0, 0.05) is 17.7 Å². The molecular weight excluding hydrogens is 284 g/mol. The first-order chi connectivity index (χ1) is 10.5. The highest BCUT2D eigenvalue weighted by molar-refractivity contribution is 5.99. The number of carbonyl (C=O) groups excluding carboxylic acids is 2. The van der Waals surface area contributed by atoms with Gasteiger partial charge in [-0.25, -0.2) is 4.79 Å². The third kappa shape index (κ3) is 3.72. The van der Waals surface area contributed by atoms with Crippen molar-refractivity contribution in [1.82, 2.24) is 5.32 Å². The Morgan fingerprint density at radius 2 is 2.18 bits per heavy atom.